The molecule has 0 aromatic carbocycles. The van der Waals surface area contributed by atoms with E-state index in [4.69, 9.17) is 5.11 Å². The van der Waals surface area contributed by atoms with Crippen molar-refractivity contribution in [1.82, 2.24) is 10.2 Å². The number of allylic oxidation sites excluding steroid dienone is 2. The highest BCUT2D eigenvalue weighted by molar-refractivity contribution is 5.97. The number of nitrogens with zero attached hydrogens (tertiary/aromatic N) is 1. The summed E-state index contributed by atoms with van der Waals surface area (Å²) in [6, 6.07) is 0.307. The summed E-state index contributed by atoms with van der Waals surface area (Å²) in [5.41, 5.74) is 1.91. The van der Waals surface area contributed by atoms with E-state index in [2.05, 4.69) is 5.32 Å². The molecule has 2 aliphatic rings. The minimum Gasteiger partial charge on any atom is -0.465 e. The zero-order valence-electron chi connectivity index (χ0n) is 10.0. The van der Waals surface area contributed by atoms with Crippen molar-refractivity contribution in [2.24, 2.45) is 0 Å². The highest BCUT2D eigenvalue weighted by Gasteiger charge is 2.25. The van der Waals surface area contributed by atoms with E-state index in [-0.39, 0.29) is 5.78 Å². The van der Waals surface area contributed by atoms with Crippen molar-refractivity contribution in [2.45, 2.75) is 38.6 Å². The molecule has 2 rings (SSSR count). The lowest BCUT2D eigenvalue weighted by Gasteiger charge is -2.31. The van der Waals surface area contributed by atoms with Crippen molar-refractivity contribution < 1.29 is 14.7 Å². The van der Waals surface area contributed by atoms with Crippen LogP contribution in [0.15, 0.2) is 11.3 Å². The number of carboxylic acid groups (broad SMARTS) is 1. The molecule has 1 saturated heterocycles. The van der Waals surface area contributed by atoms with Gasteiger partial charge in [-0.25, -0.2) is 4.79 Å². The Morgan fingerprint density at radius 2 is 2.00 bits per heavy atom. The molecular formula is C12H18N2O3. The molecule has 0 radical (unpaired) electrons. The van der Waals surface area contributed by atoms with E-state index < -0.39 is 6.09 Å². The van der Waals surface area contributed by atoms with Gasteiger partial charge in [0.2, 0.25) is 0 Å². The number of amides is 1. The van der Waals surface area contributed by atoms with E-state index in [0.29, 0.717) is 25.6 Å². The van der Waals surface area contributed by atoms with Crippen LogP contribution in [0.2, 0.25) is 0 Å². The maximum absolute atomic E-state index is 11.4. The average Bonchev–Trinajstić information content (AvgIpc) is 2.62. The van der Waals surface area contributed by atoms with Crippen LogP contribution in [0, 0.1) is 0 Å². The summed E-state index contributed by atoms with van der Waals surface area (Å²) >= 11 is 0. The van der Waals surface area contributed by atoms with Crippen LogP contribution in [0.5, 0.6) is 0 Å². The van der Waals surface area contributed by atoms with Crippen LogP contribution < -0.4 is 5.32 Å². The summed E-state index contributed by atoms with van der Waals surface area (Å²) in [5.74, 6) is 0.232. The number of ketones is 1. The molecule has 1 aliphatic heterocycles. The third kappa shape index (κ3) is 2.60. The highest BCUT2D eigenvalue weighted by Crippen LogP contribution is 2.22. The molecule has 0 aromatic heterocycles. The number of likely N-dealkylation sites (tertiary alicyclic amines) is 1. The number of hydrogen-bond acceptors (Lipinski definition) is 3. The molecule has 94 valence electrons. The Morgan fingerprint density at radius 1 is 1.35 bits per heavy atom. The smallest absolute Gasteiger partial charge is 0.407 e. The predicted molar refractivity (Wildman–Crippen MR) is 62.7 cm³/mol. The normalized spacial score (nSPS) is 22.2. The minimum atomic E-state index is -0.838. The molecule has 0 spiro atoms. The van der Waals surface area contributed by atoms with Crippen molar-refractivity contribution in [3.8, 4) is 0 Å². The van der Waals surface area contributed by atoms with Gasteiger partial charge in [0.05, 0.1) is 0 Å². The largest absolute Gasteiger partial charge is 0.465 e. The number of Topliss-reactive ketones (excluding diaryl/α,β-unsaturated/α-hetero) is 1. The minimum absolute atomic E-state index is 0.232. The molecule has 0 unspecified atom stereocenters. The van der Waals surface area contributed by atoms with Crippen molar-refractivity contribution >= 4 is 11.9 Å². The topological polar surface area (TPSA) is 69.6 Å². The molecule has 0 saturated carbocycles. The van der Waals surface area contributed by atoms with Gasteiger partial charge in [-0.1, -0.05) is 0 Å². The van der Waals surface area contributed by atoms with Gasteiger partial charge in [0.15, 0.2) is 5.78 Å². The van der Waals surface area contributed by atoms with Crippen LogP contribution in [0.3, 0.4) is 0 Å². The van der Waals surface area contributed by atoms with E-state index in [1.54, 1.807) is 0 Å². The lowest BCUT2D eigenvalue weighted by molar-refractivity contribution is -0.114. The SMILES string of the molecule is CC1=C(NC2CCN(C(=O)O)CC2)CCC1=O. The van der Waals surface area contributed by atoms with Crippen LogP contribution in [0.25, 0.3) is 0 Å². The maximum Gasteiger partial charge on any atom is 0.407 e. The van der Waals surface area contributed by atoms with Crippen molar-refractivity contribution in [3.63, 3.8) is 0 Å². The third-order valence-corrected chi connectivity index (χ3v) is 3.62. The number of piperidine rings is 1. The first-order valence-corrected chi connectivity index (χ1v) is 6.05. The van der Waals surface area contributed by atoms with Crippen molar-refractivity contribution in [2.75, 3.05) is 13.1 Å². The molecule has 0 atom stereocenters. The second-order valence-electron chi connectivity index (χ2n) is 4.71. The van der Waals surface area contributed by atoms with E-state index >= 15 is 0 Å². The van der Waals surface area contributed by atoms with Gasteiger partial charge in [0, 0.05) is 36.8 Å². The third-order valence-electron chi connectivity index (χ3n) is 3.62. The van der Waals surface area contributed by atoms with Crippen LogP contribution >= 0.6 is 0 Å². The predicted octanol–water partition coefficient (Wildman–Crippen LogP) is 1.36. The number of hydrogen-bond donors (Lipinski definition) is 2. The number of nitrogens with one attached hydrogen (secondary N) is 1. The van der Waals surface area contributed by atoms with Gasteiger partial charge in [-0.15, -0.1) is 0 Å². The Morgan fingerprint density at radius 3 is 2.47 bits per heavy atom. The summed E-state index contributed by atoms with van der Waals surface area (Å²) in [7, 11) is 0. The number of rotatable bonds is 2. The molecule has 2 N–H and O–H groups in total. The summed E-state index contributed by atoms with van der Waals surface area (Å²) in [5, 5.41) is 12.2. The molecular weight excluding hydrogens is 220 g/mol. The Kier molecular flexibility index (Phi) is 3.36. The lowest BCUT2D eigenvalue weighted by atomic mass is 10.0. The van der Waals surface area contributed by atoms with Crippen LogP contribution in [-0.4, -0.2) is 41.0 Å². The first-order valence-electron chi connectivity index (χ1n) is 6.05. The molecule has 1 amide bonds. The summed E-state index contributed by atoms with van der Waals surface area (Å²) in [4.78, 5) is 23.6. The molecule has 5 heteroatoms. The van der Waals surface area contributed by atoms with Crippen molar-refractivity contribution in [3.05, 3.63) is 11.3 Å². The van der Waals surface area contributed by atoms with E-state index in [9.17, 15) is 9.59 Å². The van der Waals surface area contributed by atoms with E-state index in [0.717, 1.165) is 30.5 Å². The summed E-state index contributed by atoms with van der Waals surface area (Å²) in [6.07, 6.45) is 2.22. The van der Waals surface area contributed by atoms with Gasteiger partial charge in [-0.3, -0.25) is 4.79 Å². The molecule has 1 fully saturated rings. The quantitative estimate of drug-likeness (QED) is 0.762. The molecule has 0 bridgehead atoms. The van der Waals surface area contributed by atoms with Gasteiger partial charge in [0.1, 0.15) is 0 Å². The van der Waals surface area contributed by atoms with Gasteiger partial charge < -0.3 is 15.3 Å². The molecule has 1 aliphatic carbocycles. The molecule has 5 nitrogen and oxygen atoms in total. The first kappa shape index (κ1) is 12.0. The maximum atomic E-state index is 11.4. The van der Waals surface area contributed by atoms with Crippen LogP contribution in [0.1, 0.15) is 32.6 Å². The van der Waals surface area contributed by atoms with Crippen LogP contribution in [0.4, 0.5) is 4.79 Å². The molecule has 0 aromatic rings. The zero-order valence-corrected chi connectivity index (χ0v) is 10.0. The Labute approximate surface area is 100 Å². The van der Waals surface area contributed by atoms with E-state index in [1.807, 2.05) is 6.92 Å². The second kappa shape index (κ2) is 4.77. The van der Waals surface area contributed by atoms with E-state index in [1.165, 1.54) is 4.90 Å². The number of carbonyl (C=O) groups excluding carboxylic acids is 1. The summed E-state index contributed by atoms with van der Waals surface area (Å²) < 4.78 is 0. The summed E-state index contributed by atoms with van der Waals surface area (Å²) in [6.45, 7) is 3.02. The molecule has 1 heterocycles. The standard InChI is InChI=1S/C12H18N2O3/c1-8-10(2-3-11(8)15)13-9-4-6-14(7-5-9)12(16)17/h9,13H,2-7H2,1H3,(H,16,17). The Bertz CT molecular complexity index is 368. The fourth-order valence-corrected chi connectivity index (χ4v) is 2.42. The number of carbonyl (C=O) groups is 2. The molecule has 17 heavy (non-hydrogen) atoms. The van der Waals surface area contributed by atoms with Gasteiger partial charge in [0.25, 0.3) is 0 Å². The fourth-order valence-electron chi connectivity index (χ4n) is 2.42. The lowest BCUT2D eigenvalue weighted by Crippen LogP contribution is -2.44. The fraction of sp³-hybridized carbons (Fsp3) is 0.667. The zero-order chi connectivity index (χ0) is 12.4. The van der Waals surface area contributed by atoms with Crippen molar-refractivity contribution in [1.29, 1.82) is 0 Å². The average molecular weight is 238 g/mol. The highest BCUT2D eigenvalue weighted by atomic mass is 16.4. The Balaban J connectivity index is 1.87. The Hall–Kier alpha value is -1.52. The van der Waals surface area contributed by atoms with Gasteiger partial charge >= 0.3 is 6.09 Å². The first-order chi connectivity index (χ1) is 8.08. The van der Waals surface area contributed by atoms with Gasteiger partial charge in [-0.2, -0.15) is 0 Å². The monoisotopic (exact) mass is 238 g/mol. The van der Waals surface area contributed by atoms with Crippen LogP contribution in [-0.2, 0) is 4.79 Å². The second-order valence-corrected chi connectivity index (χ2v) is 4.71. The van der Waals surface area contributed by atoms with Gasteiger partial charge in [-0.05, 0) is 26.2 Å².